The second kappa shape index (κ2) is 11.6. The van der Waals surface area contributed by atoms with Gasteiger partial charge in [-0.25, -0.2) is 15.0 Å². The van der Waals surface area contributed by atoms with Crippen LogP contribution in [-0.2, 0) is 0 Å². The van der Waals surface area contributed by atoms with Crippen LogP contribution in [0.25, 0.3) is 93.0 Å². The smallest absolute Gasteiger partial charge is 0.164 e. The number of rotatable bonds is 5. The number of hydrogen-bond acceptors (Lipinski definition) is 4. The van der Waals surface area contributed by atoms with Crippen molar-refractivity contribution in [3.05, 3.63) is 170 Å². The molecule has 0 aliphatic carbocycles. The summed E-state index contributed by atoms with van der Waals surface area (Å²) >= 11 is 1.80. The van der Waals surface area contributed by atoms with Gasteiger partial charge in [-0.05, 0) is 59.7 Å². The molecular formula is C45H28N4S. The molecule has 10 rings (SSSR count). The number of thiophene rings is 1. The molecule has 0 bridgehead atoms. The molecule has 0 aliphatic heterocycles. The van der Waals surface area contributed by atoms with Crippen LogP contribution >= 0.6 is 11.3 Å². The molecule has 3 heterocycles. The Morgan fingerprint density at radius 2 is 0.980 bits per heavy atom. The van der Waals surface area contributed by atoms with Crippen molar-refractivity contribution in [3.63, 3.8) is 0 Å². The predicted molar refractivity (Wildman–Crippen MR) is 209 cm³/mol. The third-order valence-corrected chi connectivity index (χ3v) is 10.6. The molecular weight excluding hydrogens is 629 g/mol. The first-order chi connectivity index (χ1) is 24.8. The summed E-state index contributed by atoms with van der Waals surface area (Å²) in [5.41, 5.74) is 8.68. The van der Waals surface area contributed by atoms with E-state index in [1.54, 1.807) is 11.3 Å². The van der Waals surface area contributed by atoms with Gasteiger partial charge in [0.15, 0.2) is 17.5 Å². The summed E-state index contributed by atoms with van der Waals surface area (Å²) < 4.78 is 4.82. The van der Waals surface area contributed by atoms with Gasteiger partial charge in [-0.2, -0.15) is 0 Å². The highest BCUT2D eigenvalue weighted by Gasteiger charge is 2.18. The molecule has 0 fully saturated rings. The maximum absolute atomic E-state index is 5.18. The number of benzene rings is 7. The Hall–Kier alpha value is -6.43. The minimum atomic E-state index is 0.647. The summed E-state index contributed by atoms with van der Waals surface area (Å²) in [5.74, 6) is 1.97. The Kier molecular flexibility index (Phi) is 6.64. The lowest BCUT2D eigenvalue weighted by molar-refractivity contribution is 1.08. The van der Waals surface area contributed by atoms with Crippen LogP contribution < -0.4 is 0 Å². The number of para-hydroxylation sites is 2. The van der Waals surface area contributed by atoms with E-state index in [1.165, 1.54) is 42.0 Å². The highest BCUT2D eigenvalue weighted by atomic mass is 32.1. The first kappa shape index (κ1) is 28.6. The minimum Gasteiger partial charge on any atom is -0.309 e. The molecule has 234 valence electrons. The molecule has 0 atom stereocenters. The van der Waals surface area contributed by atoms with E-state index in [9.17, 15) is 0 Å². The van der Waals surface area contributed by atoms with Crippen molar-refractivity contribution in [2.75, 3.05) is 0 Å². The zero-order valence-corrected chi connectivity index (χ0v) is 27.7. The molecule has 0 aliphatic rings. The van der Waals surface area contributed by atoms with Gasteiger partial charge in [0.2, 0.25) is 0 Å². The second-order valence-electron chi connectivity index (χ2n) is 12.5. The molecule has 10 aromatic rings. The average Bonchev–Trinajstić information content (AvgIpc) is 3.74. The Labute approximate surface area is 292 Å². The third kappa shape index (κ3) is 4.71. The van der Waals surface area contributed by atoms with E-state index >= 15 is 0 Å². The van der Waals surface area contributed by atoms with Crippen LogP contribution in [0.5, 0.6) is 0 Å². The maximum atomic E-state index is 5.18. The van der Waals surface area contributed by atoms with E-state index in [1.807, 2.05) is 18.2 Å². The average molecular weight is 657 g/mol. The molecule has 0 spiro atoms. The van der Waals surface area contributed by atoms with Gasteiger partial charge in [-0.3, -0.25) is 0 Å². The van der Waals surface area contributed by atoms with Crippen molar-refractivity contribution in [2.45, 2.75) is 0 Å². The minimum absolute atomic E-state index is 0.647. The van der Waals surface area contributed by atoms with Gasteiger partial charge in [-0.1, -0.05) is 121 Å². The molecule has 3 aromatic heterocycles. The zero-order chi connectivity index (χ0) is 33.0. The molecule has 0 unspecified atom stereocenters. The highest BCUT2D eigenvalue weighted by molar-refractivity contribution is 7.25. The van der Waals surface area contributed by atoms with Crippen LogP contribution in [0.15, 0.2) is 170 Å². The van der Waals surface area contributed by atoms with E-state index < -0.39 is 0 Å². The summed E-state index contributed by atoms with van der Waals surface area (Å²) in [4.78, 5) is 15.3. The van der Waals surface area contributed by atoms with Gasteiger partial charge in [-0.15, -0.1) is 11.3 Å². The number of hydrogen-bond donors (Lipinski definition) is 0. The fourth-order valence-corrected chi connectivity index (χ4v) is 8.28. The number of nitrogens with zero attached hydrogens (tertiary/aromatic N) is 4. The lowest BCUT2D eigenvalue weighted by Gasteiger charge is -2.11. The molecule has 50 heavy (non-hydrogen) atoms. The molecule has 0 amide bonds. The van der Waals surface area contributed by atoms with Gasteiger partial charge >= 0.3 is 0 Å². The highest BCUT2D eigenvalue weighted by Crippen LogP contribution is 2.40. The van der Waals surface area contributed by atoms with E-state index in [0.29, 0.717) is 17.5 Å². The summed E-state index contributed by atoms with van der Waals surface area (Å²) in [6, 6.07) is 59.7. The lowest BCUT2D eigenvalue weighted by Crippen LogP contribution is -2.00. The van der Waals surface area contributed by atoms with Crippen molar-refractivity contribution in [1.82, 2.24) is 19.5 Å². The Bertz CT molecular complexity index is 2870. The van der Waals surface area contributed by atoms with Crippen LogP contribution in [-0.4, -0.2) is 19.5 Å². The standard InChI is InChI=1S/C45H28N4S/c1-3-13-29(14-4-1)43-46-44(48-45(47-43)36-21-12-24-41-42(36)35-20-8-10-23-40(35)50-41)32-16-11-15-30(27-32)31-25-26-39-37(28-31)34-19-7-9-22-38(34)49(39)33-17-5-2-6-18-33/h1-28H. The SMILES string of the molecule is c1ccc(-c2nc(-c3cccc(-c4ccc5c(c4)c4ccccc4n5-c4ccccc4)c3)nc(-c3cccc4sc5ccccc5c34)n2)cc1. The quantitative estimate of drug-likeness (QED) is 0.185. The third-order valence-electron chi connectivity index (χ3n) is 9.45. The van der Waals surface area contributed by atoms with Crippen LogP contribution in [0.2, 0.25) is 0 Å². The van der Waals surface area contributed by atoms with Gasteiger partial charge in [0.25, 0.3) is 0 Å². The summed E-state index contributed by atoms with van der Waals surface area (Å²) in [5, 5.41) is 4.85. The lowest BCUT2D eigenvalue weighted by atomic mass is 10.0. The monoisotopic (exact) mass is 656 g/mol. The van der Waals surface area contributed by atoms with Gasteiger partial charge in [0.05, 0.1) is 11.0 Å². The van der Waals surface area contributed by atoms with E-state index in [4.69, 9.17) is 15.0 Å². The van der Waals surface area contributed by atoms with E-state index in [-0.39, 0.29) is 0 Å². The largest absolute Gasteiger partial charge is 0.309 e. The van der Waals surface area contributed by atoms with Crippen LogP contribution in [0.3, 0.4) is 0 Å². The van der Waals surface area contributed by atoms with E-state index in [0.717, 1.165) is 33.5 Å². The molecule has 0 radical (unpaired) electrons. The molecule has 7 aromatic carbocycles. The normalized spacial score (nSPS) is 11.6. The predicted octanol–water partition coefficient (Wildman–Crippen LogP) is 12.0. The first-order valence-electron chi connectivity index (χ1n) is 16.7. The number of fused-ring (bicyclic) bond motifs is 6. The molecule has 0 saturated carbocycles. The van der Waals surface area contributed by atoms with Crippen LogP contribution in [0, 0.1) is 0 Å². The van der Waals surface area contributed by atoms with Crippen molar-refractivity contribution < 1.29 is 0 Å². The fraction of sp³-hybridized carbons (Fsp3) is 0. The zero-order valence-electron chi connectivity index (χ0n) is 26.9. The first-order valence-corrected chi connectivity index (χ1v) is 17.5. The van der Waals surface area contributed by atoms with Crippen molar-refractivity contribution >= 4 is 53.3 Å². The fourth-order valence-electron chi connectivity index (χ4n) is 7.15. The van der Waals surface area contributed by atoms with Gasteiger partial charge < -0.3 is 4.57 Å². The van der Waals surface area contributed by atoms with Crippen molar-refractivity contribution in [2.24, 2.45) is 0 Å². The van der Waals surface area contributed by atoms with Crippen molar-refractivity contribution in [3.8, 4) is 51.0 Å². The summed E-state index contributed by atoms with van der Waals surface area (Å²) in [6.07, 6.45) is 0. The van der Waals surface area contributed by atoms with Gasteiger partial charge in [0, 0.05) is 53.3 Å². The molecule has 4 nitrogen and oxygen atoms in total. The topological polar surface area (TPSA) is 43.6 Å². The Morgan fingerprint density at radius 3 is 1.84 bits per heavy atom. The molecule has 0 saturated heterocycles. The van der Waals surface area contributed by atoms with Gasteiger partial charge in [0.1, 0.15) is 0 Å². The summed E-state index contributed by atoms with van der Waals surface area (Å²) in [6.45, 7) is 0. The maximum Gasteiger partial charge on any atom is 0.164 e. The van der Waals surface area contributed by atoms with E-state index in [2.05, 4.69) is 156 Å². The second-order valence-corrected chi connectivity index (χ2v) is 13.5. The van der Waals surface area contributed by atoms with Crippen LogP contribution in [0.1, 0.15) is 0 Å². The molecule has 5 heteroatoms. The van der Waals surface area contributed by atoms with Crippen molar-refractivity contribution in [1.29, 1.82) is 0 Å². The number of aromatic nitrogens is 4. The Balaban J connectivity index is 1.14. The summed E-state index contributed by atoms with van der Waals surface area (Å²) in [7, 11) is 0. The van der Waals surface area contributed by atoms with Crippen LogP contribution in [0.4, 0.5) is 0 Å². The molecule has 0 N–H and O–H groups in total. The Morgan fingerprint density at radius 1 is 0.380 bits per heavy atom.